The molecule has 4 nitrogen and oxygen atoms in total. The van der Waals surface area contributed by atoms with Gasteiger partial charge in [-0.05, 0) is 18.8 Å². The molecule has 6 heteroatoms. The first kappa shape index (κ1) is 10.1. The van der Waals surface area contributed by atoms with E-state index in [1.165, 1.54) is 0 Å². The molecule has 1 aliphatic carbocycles. The molecule has 1 heterocycles. The molecule has 0 aromatic carbocycles. The van der Waals surface area contributed by atoms with E-state index in [4.69, 9.17) is 16.7 Å². The second-order valence-corrected chi connectivity index (χ2v) is 4.64. The summed E-state index contributed by atoms with van der Waals surface area (Å²) in [6.07, 6.45) is 1.68. The fourth-order valence-corrected chi connectivity index (χ4v) is 2.55. The molecule has 1 saturated carbocycles. The third kappa shape index (κ3) is 1.99. The van der Waals surface area contributed by atoms with Crippen LogP contribution in [0.25, 0.3) is 0 Å². The van der Waals surface area contributed by atoms with E-state index in [0.717, 1.165) is 36.9 Å². The van der Waals surface area contributed by atoms with Gasteiger partial charge in [-0.25, -0.2) is 0 Å². The summed E-state index contributed by atoms with van der Waals surface area (Å²) in [6.45, 7) is 0.891. The number of halogens is 1. The molecule has 1 aliphatic rings. The molecule has 1 fully saturated rings. The zero-order chi connectivity index (χ0) is 10.1. The molecule has 0 amide bonds. The molecular formula is C8H12ClN3OS. The Hall–Kier alpha value is -0.390. The third-order valence-electron chi connectivity index (χ3n) is 2.54. The van der Waals surface area contributed by atoms with E-state index in [1.807, 2.05) is 11.9 Å². The van der Waals surface area contributed by atoms with Gasteiger partial charge in [-0.2, -0.15) is 8.75 Å². The van der Waals surface area contributed by atoms with E-state index < -0.39 is 0 Å². The van der Waals surface area contributed by atoms with Crippen LogP contribution in [-0.4, -0.2) is 33.6 Å². The molecule has 2 rings (SSSR count). The first-order valence-electron chi connectivity index (χ1n) is 4.54. The summed E-state index contributed by atoms with van der Waals surface area (Å²) < 4.78 is 8.02. The molecule has 1 N–H and O–H groups in total. The number of aliphatic hydroxyl groups is 1. The maximum atomic E-state index is 9.15. The lowest BCUT2D eigenvalue weighted by atomic mass is 9.82. The van der Waals surface area contributed by atoms with Crippen molar-refractivity contribution in [1.29, 1.82) is 0 Å². The van der Waals surface area contributed by atoms with Gasteiger partial charge in [-0.1, -0.05) is 11.6 Å². The van der Waals surface area contributed by atoms with Crippen LogP contribution in [0.3, 0.4) is 0 Å². The molecule has 1 aromatic rings. The molecule has 0 unspecified atom stereocenters. The van der Waals surface area contributed by atoms with E-state index in [9.17, 15) is 0 Å². The van der Waals surface area contributed by atoms with Gasteiger partial charge in [0.25, 0.3) is 0 Å². The molecule has 0 atom stereocenters. The molecular weight excluding hydrogens is 222 g/mol. The van der Waals surface area contributed by atoms with Crippen LogP contribution in [-0.2, 0) is 0 Å². The van der Waals surface area contributed by atoms with Crippen LogP contribution >= 0.6 is 23.3 Å². The van der Waals surface area contributed by atoms with Crippen LogP contribution in [0.5, 0.6) is 0 Å². The maximum absolute atomic E-state index is 9.15. The SMILES string of the molecule is CN(CC1CC(O)C1)c1nsnc1Cl. The van der Waals surface area contributed by atoms with E-state index >= 15 is 0 Å². The second-order valence-electron chi connectivity index (χ2n) is 3.75. The highest BCUT2D eigenvalue weighted by atomic mass is 35.5. The highest BCUT2D eigenvalue weighted by molar-refractivity contribution is 6.99. The van der Waals surface area contributed by atoms with Crippen LogP contribution in [0, 0.1) is 5.92 Å². The molecule has 0 radical (unpaired) electrons. The van der Waals surface area contributed by atoms with Crippen molar-refractivity contribution in [1.82, 2.24) is 8.75 Å². The average molecular weight is 234 g/mol. The Bertz CT molecular complexity index is 313. The zero-order valence-corrected chi connectivity index (χ0v) is 9.42. The summed E-state index contributed by atoms with van der Waals surface area (Å²) >= 11 is 6.98. The number of hydrogen-bond acceptors (Lipinski definition) is 5. The second kappa shape index (κ2) is 4.00. The van der Waals surface area contributed by atoms with Crippen LogP contribution in [0.2, 0.25) is 5.15 Å². The molecule has 0 bridgehead atoms. The van der Waals surface area contributed by atoms with Crippen molar-refractivity contribution in [2.75, 3.05) is 18.5 Å². The maximum Gasteiger partial charge on any atom is 0.187 e. The summed E-state index contributed by atoms with van der Waals surface area (Å²) in [7, 11) is 1.95. The van der Waals surface area contributed by atoms with E-state index in [1.54, 1.807) is 0 Å². The predicted molar refractivity (Wildman–Crippen MR) is 56.9 cm³/mol. The minimum atomic E-state index is -0.0996. The Labute approximate surface area is 91.8 Å². The molecule has 0 spiro atoms. The topological polar surface area (TPSA) is 49.2 Å². The van der Waals surface area contributed by atoms with Crippen LogP contribution in [0.4, 0.5) is 5.82 Å². The number of rotatable bonds is 3. The summed E-state index contributed by atoms with van der Waals surface area (Å²) in [5.74, 6) is 1.31. The summed E-state index contributed by atoms with van der Waals surface area (Å²) in [6, 6.07) is 0. The number of aromatic nitrogens is 2. The van der Waals surface area contributed by atoms with Gasteiger partial charge in [0.15, 0.2) is 11.0 Å². The minimum Gasteiger partial charge on any atom is -0.393 e. The lowest BCUT2D eigenvalue weighted by molar-refractivity contribution is 0.0464. The zero-order valence-electron chi connectivity index (χ0n) is 7.85. The van der Waals surface area contributed by atoms with Crippen molar-refractivity contribution < 1.29 is 5.11 Å². The largest absolute Gasteiger partial charge is 0.393 e. The van der Waals surface area contributed by atoms with E-state index in [0.29, 0.717) is 11.1 Å². The lowest BCUT2D eigenvalue weighted by Crippen LogP contribution is -2.37. The normalized spacial score (nSPS) is 25.9. The van der Waals surface area contributed by atoms with E-state index in [-0.39, 0.29) is 6.10 Å². The fraction of sp³-hybridized carbons (Fsp3) is 0.750. The fourth-order valence-electron chi connectivity index (χ4n) is 1.72. The van der Waals surface area contributed by atoms with Crippen molar-refractivity contribution in [3.05, 3.63) is 5.15 Å². The molecule has 78 valence electrons. The van der Waals surface area contributed by atoms with Gasteiger partial charge in [0.2, 0.25) is 0 Å². The first-order chi connectivity index (χ1) is 6.66. The van der Waals surface area contributed by atoms with Gasteiger partial charge in [0.05, 0.1) is 17.8 Å². The summed E-state index contributed by atoms with van der Waals surface area (Å²) in [5.41, 5.74) is 0. The Kier molecular flexibility index (Phi) is 2.90. The van der Waals surface area contributed by atoms with Crippen LogP contribution < -0.4 is 4.90 Å². The molecule has 0 saturated heterocycles. The number of anilines is 1. The summed E-state index contributed by atoms with van der Waals surface area (Å²) in [4.78, 5) is 2.00. The monoisotopic (exact) mass is 233 g/mol. The molecule has 14 heavy (non-hydrogen) atoms. The third-order valence-corrected chi connectivity index (χ3v) is 3.41. The smallest absolute Gasteiger partial charge is 0.187 e. The van der Waals surface area contributed by atoms with Crippen molar-refractivity contribution in [3.8, 4) is 0 Å². The minimum absolute atomic E-state index is 0.0996. The molecule has 1 aromatic heterocycles. The highest BCUT2D eigenvalue weighted by Gasteiger charge is 2.28. The van der Waals surface area contributed by atoms with Gasteiger partial charge < -0.3 is 10.0 Å². The summed E-state index contributed by atoms with van der Waals surface area (Å²) in [5, 5.41) is 9.62. The van der Waals surface area contributed by atoms with Crippen LogP contribution in [0.1, 0.15) is 12.8 Å². The molecule has 0 aliphatic heterocycles. The highest BCUT2D eigenvalue weighted by Crippen LogP contribution is 2.30. The van der Waals surface area contributed by atoms with Crippen molar-refractivity contribution >= 4 is 29.1 Å². The van der Waals surface area contributed by atoms with Gasteiger partial charge in [-0.15, -0.1) is 0 Å². The number of nitrogens with zero attached hydrogens (tertiary/aromatic N) is 3. The lowest BCUT2D eigenvalue weighted by Gasteiger charge is -2.34. The quantitative estimate of drug-likeness (QED) is 0.858. The Morgan fingerprint density at radius 2 is 2.29 bits per heavy atom. The predicted octanol–water partition coefficient (Wildman–Crippen LogP) is 1.40. The van der Waals surface area contributed by atoms with Gasteiger partial charge in [0.1, 0.15) is 0 Å². The van der Waals surface area contributed by atoms with Crippen molar-refractivity contribution in [2.24, 2.45) is 5.92 Å². The Morgan fingerprint density at radius 3 is 2.79 bits per heavy atom. The van der Waals surface area contributed by atoms with Crippen LogP contribution in [0.15, 0.2) is 0 Å². The first-order valence-corrected chi connectivity index (χ1v) is 5.65. The van der Waals surface area contributed by atoms with Gasteiger partial charge >= 0.3 is 0 Å². The number of hydrogen-bond donors (Lipinski definition) is 1. The Morgan fingerprint density at radius 1 is 1.57 bits per heavy atom. The average Bonchev–Trinajstić information content (AvgIpc) is 2.48. The van der Waals surface area contributed by atoms with Crippen molar-refractivity contribution in [3.63, 3.8) is 0 Å². The van der Waals surface area contributed by atoms with Crippen molar-refractivity contribution in [2.45, 2.75) is 18.9 Å². The standard InChI is InChI=1S/C8H12ClN3OS/c1-12(4-5-2-6(13)3-5)8-7(9)10-14-11-8/h5-6,13H,2-4H2,1H3. The number of aliphatic hydroxyl groups excluding tert-OH is 1. The van der Waals surface area contributed by atoms with E-state index in [2.05, 4.69) is 8.75 Å². The van der Waals surface area contributed by atoms with Gasteiger partial charge in [0, 0.05) is 13.6 Å². The van der Waals surface area contributed by atoms with Gasteiger partial charge in [-0.3, -0.25) is 0 Å². The Balaban J connectivity index is 1.90.